The molecule has 18 heavy (non-hydrogen) atoms. The van der Waals surface area contributed by atoms with E-state index >= 15 is 0 Å². The highest BCUT2D eigenvalue weighted by atomic mass is 15.4. The van der Waals surface area contributed by atoms with Crippen LogP contribution in [0.3, 0.4) is 0 Å². The van der Waals surface area contributed by atoms with E-state index in [1.807, 2.05) is 16.8 Å². The molecule has 2 aromatic heterocycles. The van der Waals surface area contributed by atoms with Crippen molar-refractivity contribution >= 4 is 11.6 Å². The summed E-state index contributed by atoms with van der Waals surface area (Å²) in [6, 6.07) is 4.61. The molecular weight excluding hydrogens is 226 g/mol. The molecule has 0 aromatic carbocycles. The second kappa shape index (κ2) is 4.57. The van der Waals surface area contributed by atoms with Crippen LogP contribution in [0.2, 0.25) is 0 Å². The summed E-state index contributed by atoms with van der Waals surface area (Å²) in [6.07, 6.45) is 3.19. The molecule has 1 fully saturated rings. The Balaban J connectivity index is 1.96. The van der Waals surface area contributed by atoms with E-state index in [1.165, 1.54) is 12.0 Å². The Bertz CT molecular complexity index is 541. The summed E-state index contributed by atoms with van der Waals surface area (Å²) in [5.74, 6) is 0.844. The fraction of sp³-hybridized carbons (Fsp3) is 0.538. The molecule has 1 atom stereocenters. The summed E-state index contributed by atoms with van der Waals surface area (Å²) in [7, 11) is 0. The first-order chi connectivity index (χ1) is 8.78. The van der Waals surface area contributed by atoms with Crippen LogP contribution in [0.1, 0.15) is 18.9 Å². The average molecular weight is 245 g/mol. The van der Waals surface area contributed by atoms with Gasteiger partial charge in [-0.3, -0.25) is 0 Å². The normalized spacial score (nSPS) is 19.6. The van der Waals surface area contributed by atoms with Gasteiger partial charge in [-0.25, -0.2) is 4.52 Å². The van der Waals surface area contributed by atoms with Gasteiger partial charge in [-0.1, -0.05) is 6.07 Å². The highest BCUT2D eigenvalue weighted by Gasteiger charge is 2.24. The van der Waals surface area contributed by atoms with Crippen LogP contribution < -0.4 is 10.2 Å². The zero-order valence-corrected chi connectivity index (χ0v) is 10.9. The lowest BCUT2D eigenvalue weighted by atomic mass is 10.2. The number of nitrogens with one attached hydrogen (secondary N) is 1. The van der Waals surface area contributed by atoms with Gasteiger partial charge in [0.2, 0.25) is 5.95 Å². The lowest BCUT2D eigenvalue weighted by molar-refractivity contribution is 0.631. The number of hydrogen-bond donors (Lipinski definition) is 1. The van der Waals surface area contributed by atoms with Crippen LogP contribution in [0.5, 0.6) is 0 Å². The number of likely N-dealkylation sites (N-methyl/N-ethyl adjacent to an activating group) is 1. The number of aryl methyl sites for hydroxylation is 1. The summed E-state index contributed by atoms with van der Waals surface area (Å²) in [4.78, 5) is 6.91. The molecule has 0 saturated carbocycles. The molecule has 1 aliphatic heterocycles. The zero-order valence-electron chi connectivity index (χ0n) is 10.9. The summed E-state index contributed by atoms with van der Waals surface area (Å²) in [5.41, 5.74) is 2.12. The summed E-state index contributed by atoms with van der Waals surface area (Å²) >= 11 is 0. The van der Waals surface area contributed by atoms with Crippen molar-refractivity contribution in [2.75, 3.05) is 24.5 Å². The van der Waals surface area contributed by atoms with Crippen LogP contribution in [-0.2, 0) is 0 Å². The molecule has 1 unspecified atom stereocenters. The van der Waals surface area contributed by atoms with Gasteiger partial charge in [0.15, 0.2) is 5.65 Å². The second-order valence-corrected chi connectivity index (χ2v) is 4.85. The van der Waals surface area contributed by atoms with Crippen LogP contribution in [0, 0.1) is 6.92 Å². The minimum Gasteiger partial charge on any atom is -0.335 e. The van der Waals surface area contributed by atoms with Gasteiger partial charge in [-0.05, 0) is 38.4 Å². The molecular formula is C13H19N5. The van der Waals surface area contributed by atoms with Gasteiger partial charge in [-0.2, -0.15) is 4.98 Å². The largest absolute Gasteiger partial charge is 0.335 e. The van der Waals surface area contributed by atoms with Crippen LogP contribution in [0.25, 0.3) is 5.65 Å². The third-order valence-corrected chi connectivity index (χ3v) is 3.54. The maximum Gasteiger partial charge on any atom is 0.245 e. The first-order valence-electron chi connectivity index (χ1n) is 6.58. The molecule has 5 nitrogen and oxygen atoms in total. The number of rotatable bonds is 3. The summed E-state index contributed by atoms with van der Waals surface area (Å²) in [6.45, 7) is 7.30. The number of pyridine rings is 1. The summed E-state index contributed by atoms with van der Waals surface area (Å²) in [5, 5.41) is 7.99. The topological polar surface area (TPSA) is 45.5 Å². The fourth-order valence-corrected chi connectivity index (χ4v) is 2.56. The molecule has 0 aliphatic carbocycles. The Morgan fingerprint density at radius 3 is 3.11 bits per heavy atom. The minimum atomic E-state index is 0.522. The van der Waals surface area contributed by atoms with Gasteiger partial charge in [0.05, 0.1) is 0 Å². The van der Waals surface area contributed by atoms with E-state index in [1.54, 1.807) is 0 Å². The van der Waals surface area contributed by atoms with Crippen molar-refractivity contribution in [3.8, 4) is 0 Å². The predicted molar refractivity (Wildman–Crippen MR) is 72.0 cm³/mol. The highest BCUT2D eigenvalue weighted by Crippen LogP contribution is 2.17. The lowest BCUT2D eigenvalue weighted by Gasteiger charge is -2.25. The Hall–Kier alpha value is -1.62. The highest BCUT2D eigenvalue weighted by molar-refractivity contribution is 5.46. The van der Waals surface area contributed by atoms with Gasteiger partial charge in [0.25, 0.3) is 0 Å². The quantitative estimate of drug-likeness (QED) is 0.883. The number of anilines is 1. The Morgan fingerprint density at radius 2 is 2.39 bits per heavy atom. The van der Waals surface area contributed by atoms with Crippen molar-refractivity contribution in [3.05, 3.63) is 23.9 Å². The maximum atomic E-state index is 4.62. The molecule has 0 amide bonds. The first-order valence-corrected chi connectivity index (χ1v) is 6.58. The Labute approximate surface area is 107 Å². The first kappa shape index (κ1) is 11.5. The third-order valence-electron chi connectivity index (χ3n) is 3.54. The summed E-state index contributed by atoms with van der Waals surface area (Å²) < 4.78 is 1.87. The molecule has 0 spiro atoms. The van der Waals surface area contributed by atoms with E-state index in [0.29, 0.717) is 6.04 Å². The average Bonchev–Trinajstić information content (AvgIpc) is 2.98. The van der Waals surface area contributed by atoms with Gasteiger partial charge < -0.3 is 10.2 Å². The number of fused-ring (bicyclic) bond motifs is 1. The number of hydrogen-bond acceptors (Lipinski definition) is 4. The second-order valence-electron chi connectivity index (χ2n) is 4.85. The Morgan fingerprint density at radius 1 is 1.50 bits per heavy atom. The fourth-order valence-electron chi connectivity index (χ4n) is 2.56. The van der Waals surface area contributed by atoms with Gasteiger partial charge in [0, 0.05) is 25.3 Å². The SMILES string of the molecule is CCN(c1nc2ccc(C)cn2n1)C1CCNC1. The molecule has 1 saturated heterocycles. The van der Waals surface area contributed by atoms with Crippen molar-refractivity contribution in [1.29, 1.82) is 0 Å². The van der Waals surface area contributed by atoms with Crippen LogP contribution in [0.15, 0.2) is 18.3 Å². The molecule has 3 heterocycles. The van der Waals surface area contributed by atoms with Crippen molar-refractivity contribution < 1.29 is 0 Å². The molecule has 1 aliphatic rings. The van der Waals surface area contributed by atoms with Gasteiger partial charge in [0.1, 0.15) is 0 Å². The van der Waals surface area contributed by atoms with Crippen molar-refractivity contribution in [3.63, 3.8) is 0 Å². The predicted octanol–water partition coefficient (Wildman–Crippen LogP) is 1.23. The Kier molecular flexibility index (Phi) is 2.91. The van der Waals surface area contributed by atoms with Crippen molar-refractivity contribution in [1.82, 2.24) is 19.9 Å². The maximum absolute atomic E-state index is 4.62. The van der Waals surface area contributed by atoms with E-state index in [-0.39, 0.29) is 0 Å². The van der Waals surface area contributed by atoms with Gasteiger partial charge in [-0.15, -0.1) is 5.10 Å². The number of nitrogens with zero attached hydrogens (tertiary/aromatic N) is 4. The molecule has 96 valence electrons. The molecule has 0 bridgehead atoms. The molecule has 0 radical (unpaired) electrons. The monoisotopic (exact) mass is 245 g/mol. The molecule has 1 N–H and O–H groups in total. The smallest absolute Gasteiger partial charge is 0.245 e. The lowest BCUT2D eigenvalue weighted by Crippen LogP contribution is -2.37. The van der Waals surface area contributed by atoms with Crippen LogP contribution >= 0.6 is 0 Å². The van der Waals surface area contributed by atoms with Crippen LogP contribution in [0.4, 0.5) is 5.95 Å². The van der Waals surface area contributed by atoms with E-state index < -0.39 is 0 Å². The van der Waals surface area contributed by atoms with E-state index in [9.17, 15) is 0 Å². The van der Waals surface area contributed by atoms with Crippen molar-refractivity contribution in [2.24, 2.45) is 0 Å². The minimum absolute atomic E-state index is 0.522. The van der Waals surface area contributed by atoms with Gasteiger partial charge >= 0.3 is 0 Å². The third kappa shape index (κ3) is 1.95. The number of aromatic nitrogens is 3. The van der Waals surface area contributed by atoms with E-state index in [0.717, 1.165) is 31.2 Å². The van der Waals surface area contributed by atoms with E-state index in [4.69, 9.17) is 0 Å². The van der Waals surface area contributed by atoms with Crippen LogP contribution in [-0.4, -0.2) is 40.3 Å². The molecule has 3 rings (SSSR count). The van der Waals surface area contributed by atoms with Crippen molar-refractivity contribution in [2.45, 2.75) is 26.3 Å². The van der Waals surface area contributed by atoms with E-state index in [2.05, 4.69) is 40.2 Å². The molecule has 5 heteroatoms. The standard InChI is InChI=1S/C13H19N5/c1-3-17(11-6-7-14-8-11)13-15-12-5-4-10(2)9-18(12)16-13/h4-5,9,11,14H,3,6-8H2,1-2H3. The zero-order chi connectivity index (χ0) is 12.5. The molecule has 2 aromatic rings.